The number of hydrogen-bond donors (Lipinski definition) is 3. The Balaban J connectivity index is 2.18. The summed E-state index contributed by atoms with van der Waals surface area (Å²) in [4.78, 5) is 30.6. The lowest BCUT2D eigenvalue weighted by atomic mass is 10.0. The molecular formula is C18H16N4O2. The molecule has 0 aliphatic rings. The minimum Gasteiger partial charge on any atom is -0.366 e. The van der Waals surface area contributed by atoms with E-state index in [4.69, 9.17) is 5.73 Å². The van der Waals surface area contributed by atoms with Gasteiger partial charge in [-0.3, -0.25) is 9.59 Å². The van der Waals surface area contributed by atoms with Gasteiger partial charge in [-0.25, -0.2) is 4.98 Å². The van der Waals surface area contributed by atoms with Crippen LogP contribution >= 0.6 is 0 Å². The molecule has 3 rings (SSSR count). The van der Waals surface area contributed by atoms with E-state index >= 15 is 0 Å². The Morgan fingerprint density at radius 2 is 1.96 bits per heavy atom. The van der Waals surface area contributed by atoms with Crippen molar-refractivity contribution in [3.05, 3.63) is 59.9 Å². The zero-order valence-electron chi connectivity index (χ0n) is 13.0. The summed E-state index contributed by atoms with van der Waals surface area (Å²) in [6.07, 6.45) is 5.03. The van der Waals surface area contributed by atoms with E-state index in [0.717, 1.165) is 16.5 Å². The van der Waals surface area contributed by atoms with Gasteiger partial charge < -0.3 is 16.0 Å². The lowest BCUT2D eigenvalue weighted by Gasteiger charge is -2.06. The van der Waals surface area contributed by atoms with Crippen molar-refractivity contribution in [1.29, 1.82) is 0 Å². The quantitative estimate of drug-likeness (QED) is 0.644. The number of pyridine rings is 1. The first kappa shape index (κ1) is 15.5. The van der Waals surface area contributed by atoms with E-state index in [9.17, 15) is 9.59 Å². The maximum absolute atomic E-state index is 11.9. The van der Waals surface area contributed by atoms with Gasteiger partial charge in [0.1, 0.15) is 5.65 Å². The van der Waals surface area contributed by atoms with Crippen molar-refractivity contribution in [3.8, 4) is 0 Å². The first-order chi connectivity index (χ1) is 11.6. The van der Waals surface area contributed by atoms with E-state index in [1.54, 1.807) is 24.5 Å². The third-order valence-electron chi connectivity index (χ3n) is 3.56. The van der Waals surface area contributed by atoms with Gasteiger partial charge in [-0.1, -0.05) is 30.3 Å². The Labute approximate surface area is 138 Å². The molecule has 3 aromatic rings. The van der Waals surface area contributed by atoms with Crippen LogP contribution in [0.25, 0.3) is 22.7 Å². The lowest BCUT2D eigenvalue weighted by Crippen LogP contribution is -2.12. The highest BCUT2D eigenvalue weighted by atomic mass is 16.1. The molecule has 0 saturated carbocycles. The summed E-state index contributed by atoms with van der Waals surface area (Å²) in [5, 5.41) is 3.50. The number of hydrogen-bond acceptors (Lipinski definition) is 3. The monoisotopic (exact) mass is 320 g/mol. The number of aromatic amines is 1. The van der Waals surface area contributed by atoms with E-state index in [1.807, 2.05) is 30.3 Å². The zero-order chi connectivity index (χ0) is 17.1. The van der Waals surface area contributed by atoms with Crippen LogP contribution in [0.2, 0.25) is 0 Å². The first-order valence-electron chi connectivity index (χ1n) is 7.37. The average molecular weight is 320 g/mol. The molecule has 120 valence electrons. The summed E-state index contributed by atoms with van der Waals surface area (Å²) in [5.41, 5.74) is 8.61. The second kappa shape index (κ2) is 6.37. The molecule has 0 bridgehead atoms. The molecule has 4 N–H and O–H groups in total. The van der Waals surface area contributed by atoms with Crippen LogP contribution in [0.3, 0.4) is 0 Å². The largest absolute Gasteiger partial charge is 0.366 e. The molecule has 0 unspecified atom stereocenters. The molecule has 2 heterocycles. The smallest absolute Gasteiger partial charge is 0.249 e. The minimum atomic E-state index is -0.527. The molecule has 0 atom stereocenters. The summed E-state index contributed by atoms with van der Waals surface area (Å²) in [5.74, 6) is -0.711. The van der Waals surface area contributed by atoms with Crippen LogP contribution < -0.4 is 11.1 Å². The van der Waals surface area contributed by atoms with Crippen molar-refractivity contribution in [3.63, 3.8) is 0 Å². The molecular weight excluding hydrogens is 304 g/mol. The number of nitrogens with zero attached hydrogens (tertiary/aromatic N) is 1. The van der Waals surface area contributed by atoms with Crippen LogP contribution in [0, 0.1) is 0 Å². The fraction of sp³-hybridized carbons (Fsp3) is 0.0556. The molecule has 6 heteroatoms. The van der Waals surface area contributed by atoms with Crippen molar-refractivity contribution in [2.75, 3.05) is 5.32 Å². The molecule has 2 amide bonds. The fourth-order valence-electron chi connectivity index (χ4n) is 2.56. The Morgan fingerprint density at radius 3 is 2.62 bits per heavy atom. The number of fused-ring (bicyclic) bond motifs is 1. The first-order valence-corrected chi connectivity index (χ1v) is 7.37. The predicted octanol–water partition coefficient (Wildman–Crippen LogP) is 2.55. The normalized spacial score (nSPS) is 11.5. The molecule has 0 aliphatic carbocycles. The maximum Gasteiger partial charge on any atom is 0.249 e. The van der Waals surface area contributed by atoms with E-state index < -0.39 is 5.91 Å². The Morgan fingerprint density at radius 1 is 1.21 bits per heavy atom. The highest BCUT2D eigenvalue weighted by Crippen LogP contribution is 2.28. The average Bonchev–Trinajstić information content (AvgIpc) is 2.97. The minimum absolute atomic E-state index is 0.184. The fourth-order valence-corrected chi connectivity index (χ4v) is 2.56. The topological polar surface area (TPSA) is 101 Å². The second-order valence-corrected chi connectivity index (χ2v) is 5.30. The van der Waals surface area contributed by atoms with Gasteiger partial charge in [-0.15, -0.1) is 0 Å². The van der Waals surface area contributed by atoms with E-state index in [2.05, 4.69) is 15.3 Å². The van der Waals surface area contributed by atoms with E-state index in [1.165, 1.54) is 6.92 Å². The summed E-state index contributed by atoms with van der Waals surface area (Å²) in [6.45, 7) is 1.44. The third kappa shape index (κ3) is 3.03. The van der Waals surface area contributed by atoms with Crippen LogP contribution in [0.15, 0.2) is 48.8 Å². The highest BCUT2D eigenvalue weighted by Gasteiger charge is 2.13. The summed E-state index contributed by atoms with van der Waals surface area (Å²) < 4.78 is 0. The standard InChI is InChI=1S/C18H16N4O2/c1-11(23)22-15-7-8-20-18-16(15)13(10-21-18)9-14(17(19)24)12-5-3-2-4-6-12/h2-10H,1H3,(H2,19,24)(H2,20,21,22,23). The maximum atomic E-state index is 11.9. The summed E-state index contributed by atoms with van der Waals surface area (Å²) in [6, 6.07) is 10.9. The molecule has 0 spiro atoms. The van der Waals surface area contributed by atoms with Gasteiger partial charge in [0, 0.05) is 35.8 Å². The Kier molecular flexibility index (Phi) is 4.11. The number of primary amides is 1. The van der Waals surface area contributed by atoms with Gasteiger partial charge in [0.15, 0.2) is 0 Å². The van der Waals surface area contributed by atoms with E-state index in [0.29, 0.717) is 16.9 Å². The number of aromatic nitrogens is 2. The number of benzene rings is 1. The van der Waals surface area contributed by atoms with Gasteiger partial charge in [0.25, 0.3) is 0 Å². The molecule has 0 saturated heterocycles. The van der Waals surface area contributed by atoms with Crippen molar-refractivity contribution in [2.45, 2.75) is 6.92 Å². The number of nitrogens with two attached hydrogens (primary N) is 1. The number of rotatable bonds is 4. The van der Waals surface area contributed by atoms with Crippen LogP contribution in [0.1, 0.15) is 18.1 Å². The van der Waals surface area contributed by atoms with Crippen LogP contribution in [0.4, 0.5) is 5.69 Å². The summed E-state index contributed by atoms with van der Waals surface area (Å²) in [7, 11) is 0. The van der Waals surface area contributed by atoms with Crippen molar-refractivity contribution >= 4 is 40.2 Å². The number of nitrogens with one attached hydrogen (secondary N) is 2. The molecule has 6 nitrogen and oxygen atoms in total. The molecule has 24 heavy (non-hydrogen) atoms. The number of amides is 2. The lowest BCUT2D eigenvalue weighted by molar-refractivity contribution is -0.114. The van der Waals surface area contributed by atoms with Gasteiger partial charge in [-0.05, 0) is 17.7 Å². The second-order valence-electron chi connectivity index (χ2n) is 5.30. The predicted molar refractivity (Wildman–Crippen MR) is 93.9 cm³/mol. The SMILES string of the molecule is CC(=O)Nc1ccnc2[nH]cc(C=C(C(N)=O)c3ccccc3)c12. The number of carbonyl (C=O) groups excluding carboxylic acids is 2. The van der Waals surface area contributed by atoms with Gasteiger partial charge in [0.2, 0.25) is 11.8 Å². The van der Waals surface area contributed by atoms with Gasteiger partial charge in [-0.2, -0.15) is 0 Å². The van der Waals surface area contributed by atoms with Crippen LogP contribution in [-0.2, 0) is 9.59 Å². The van der Waals surface area contributed by atoms with Crippen LogP contribution in [-0.4, -0.2) is 21.8 Å². The molecule has 0 aliphatic heterocycles. The van der Waals surface area contributed by atoms with Crippen LogP contribution in [0.5, 0.6) is 0 Å². The molecule has 2 aromatic heterocycles. The highest BCUT2D eigenvalue weighted by molar-refractivity contribution is 6.24. The molecule has 0 radical (unpaired) electrons. The summed E-state index contributed by atoms with van der Waals surface area (Å²) >= 11 is 0. The van der Waals surface area contributed by atoms with Crippen molar-refractivity contribution < 1.29 is 9.59 Å². The van der Waals surface area contributed by atoms with Gasteiger partial charge >= 0.3 is 0 Å². The third-order valence-corrected chi connectivity index (χ3v) is 3.56. The van der Waals surface area contributed by atoms with Crippen molar-refractivity contribution in [2.24, 2.45) is 5.73 Å². The number of anilines is 1. The van der Waals surface area contributed by atoms with E-state index in [-0.39, 0.29) is 5.91 Å². The Hall–Kier alpha value is -3.41. The van der Waals surface area contributed by atoms with Gasteiger partial charge in [0.05, 0.1) is 5.69 Å². The Bertz CT molecular complexity index is 942. The van der Waals surface area contributed by atoms with Crippen molar-refractivity contribution in [1.82, 2.24) is 9.97 Å². The molecule has 0 fully saturated rings. The number of H-pyrrole nitrogens is 1. The number of carbonyl (C=O) groups is 2. The molecule has 1 aromatic carbocycles. The zero-order valence-corrected chi connectivity index (χ0v) is 13.0.